The highest BCUT2D eigenvalue weighted by molar-refractivity contribution is 5.78. The number of methoxy groups -OCH3 is 1. The van der Waals surface area contributed by atoms with E-state index in [0.717, 1.165) is 56.2 Å². The lowest BCUT2D eigenvalue weighted by molar-refractivity contribution is -0.130. The van der Waals surface area contributed by atoms with Gasteiger partial charge in [-0.25, -0.2) is 0 Å². The molecule has 2 aromatic carbocycles. The smallest absolute Gasteiger partial charge is 0.227 e. The number of hydrogen-bond donors (Lipinski definition) is 0. The van der Waals surface area contributed by atoms with E-state index in [2.05, 4.69) is 17.0 Å². The van der Waals surface area contributed by atoms with Gasteiger partial charge in [-0.3, -0.25) is 9.69 Å². The van der Waals surface area contributed by atoms with Crippen molar-refractivity contribution < 1.29 is 14.3 Å². The van der Waals surface area contributed by atoms with Crippen molar-refractivity contribution in [2.75, 3.05) is 39.9 Å². The minimum Gasteiger partial charge on any atom is -0.497 e. The molecule has 5 nitrogen and oxygen atoms in total. The highest BCUT2D eigenvalue weighted by atomic mass is 16.5. The van der Waals surface area contributed by atoms with E-state index in [-0.39, 0.29) is 5.91 Å². The van der Waals surface area contributed by atoms with Crippen LogP contribution in [0.1, 0.15) is 24.5 Å². The molecule has 1 aliphatic heterocycles. The van der Waals surface area contributed by atoms with E-state index in [4.69, 9.17) is 9.47 Å². The molecule has 1 amide bonds. The summed E-state index contributed by atoms with van der Waals surface area (Å²) in [5, 5.41) is 0. The van der Waals surface area contributed by atoms with Gasteiger partial charge in [-0.2, -0.15) is 0 Å². The summed E-state index contributed by atoms with van der Waals surface area (Å²) < 4.78 is 10.7. The highest BCUT2D eigenvalue weighted by Crippen LogP contribution is 2.16. The zero-order chi connectivity index (χ0) is 19.8. The standard InChI is InChI=1S/C23H30N2O3/c1-3-28-22-11-5-19(6-12-22)17-23(26)25-14-4-13-24(15-16-25)18-20-7-9-21(27-2)10-8-20/h5-12H,3-4,13-18H2,1-2H3. The van der Waals surface area contributed by atoms with Crippen molar-refractivity contribution in [3.8, 4) is 11.5 Å². The van der Waals surface area contributed by atoms with E-state index in [0.29, 0.717) is 13.0 Å². The largest absolute Gasteiger partial charge is 0.497 e. The molecule has 150 valence electrons. The van der Waals surface area contributed by atoms with Crippen LogP contribution >= 0.6 is 0 Å². The van der Waals surface area contributed by atoms with Crippen LogP contribution in [-0.2, 0) is 17.8 Å². The molecule has 0 aromatic heterocycles. The average molecular weight is 383 g/mol. The number of carbonyl (C=O) groups excluding carboxylic acids is 1. The molecule has 1 heterocycles. The van der Waals surface area contributed by atoms with Crippen LogP contribution in [-0.4, -0.2) is 55.6 Å². The average Bonchev–Trinajstić information content (AvgIpc) is 2.96. The molecule has 0 radical (unpaired) electrons. The zero-order valence-corrected chi connectivity index (χ0v) is 16.9. The van der Waals surface area contributed by atoms with E-state index < -0.39 is 0 Å². The molecule has 0 atom stereocenters. The number of ether oxygens (including phenoxy) is 2. The van der Waals surface area contributed by atoms with Gasteiger partial charge in [-0.1, -0.05) is 24.3 Å². The van der Waals surface area contributed by atoms with Gasteiger partial charge in [0, 0.05) is 32.7 Å². The SMILES string of the molecule is CCOc1ccc(CC(=O)N2CCCN(Cc3ccc(OC)cc3)CC2)cc1. The Bertz CT molecular complexity index is 743. The molecule has 28 heavy (non-hydrogen) atoms. The molecule has 0 unspecified atom stereocenters. The summed E-state index contributed by atoms with van der Waals surface area (Å²) in [6, 6.07) is 16.1. The van der Waals surface area contributed by atoms with Crippen LogP contribution in [0.25, 0.3) is 0 Å². The summed E-state index contributed by atoms with van der Waals surface area (Å²) in [7, 11) is 1.68. The van der Waals surface area contributed by atoms with Gasteiger partial charge in [-0.05, 0) is 48.7 Å². The van der Waals surface area contributed by atoms with Crippen molar-refractivity contribution in [1.82, 2.24) is 9.80 Å². The third-order valence-corrected chi connectivity index (χ3v) is 5.10. The lowest BCUT2D eigenvalue weighted by Crippen LogP contribution is -2.36. The normalized spacial score (nSPS) is 15.1. The Kier molecular flexibility index (Phi) is 7.31. The monoisotopic (exact) mass is 382 g/mol. The lowest BCUT2D eigenvalue weighted by atomic mass is 10.1. The highest BCUT2D eigenvalue weighted by Gasteiger charge is 2.19. The summed E-state index contributed by atoms with van der Waals surface area (Å²) >= 11 is 0. The molecule has 0 bridgehead atoms. The summed E-state index contributed by atoms with van der Waals surface area (Å²) in [5.74, 6) is 1.93. The van der Waals surface area contributed by atoms with E-state index in [9.17, 15) is 4.79 Å². The lowest BCUT2D eigenvalue weighted by Gasteiger charge is -2.22. The Morgan fingerprint density at radius 3 is 2.25 bits per heavy atom. The van der Waals surface area contributed by atoms with Crippen molar-refractivity contribution in [2.24, 2.45) is 0 Å². The van der Waals surface area contributed by atoms with Crippen molar-refractivity contribution in [2.45, 2.75) is 26.3 Å². The molecule has 0 spiro atoms. The molecule has 0 saturated carbocycles. The maximum absolute atomic E-state index is 12.7. The molecular formula is C23H30N2O3. The van der Waals surface area contributed by atoms with Crippen molar-refractivity contribution >= 4 is 5.91 Å². The first-order valence-corrected chi connectivity index (χ1v) is 10.0. The second kappa shape index (κ2) is 10.1. The van der Waals surface area contributed by atoms with Crippen molar-refractivity contribution in [3.05, 3.63) is 59.7 Å². The van der Waals surface area contributed by atoms with Crippen LogP contribution in [0.15, 0.2) is 48.5 Å². The van der Waals surface area contributed by atoms with Gasteiger partial charge in [0.15, 0.2) is 0 Å². The quantitative estimate of drug-likeness (QED) is 0.736. The Balaban J connectivity index is 1.50. The Hall–Kier alpha value is -2.53. The van der Waals surface area contributed by atoms with Gasteiger partial charge in [0.05, 0.1) is 20.1 Å². The van der Waals surface area contributed by atoms with Crippen molar-refractivity contribution in [3.63, 3.8) is 0 Å². The number of amides is 1. The van der Waals surface area contributed by atoms with Gasteiger partial charge in [-0.15, -0.1) is 0 Å². The maximum atomic E-state index is 12.7. The summed E-state index contributed by atoms with van der Waals surface area (Å²) in [6.07, 6.45) is 1.45. The van der Waals surface area contributed by atoms with Gasteiger partial charge >= 0.3 is 0 Å². The predicted molar refractivity (Wildman–Crippen MR) is 111 cm³/mol. The summed E-state index contributed by atoms with van der Waals surface area (Å²) in [6.45, 7) is 7.06. The predicted octanol–water partition coefficient (Wildman–Crippen LogP) is 3.37. The van der Waals surface area contributed by atoms with Crippen LogP contribution in [0, 0.1) is 0 Å². The molecule has 3 rings (SSSR count). The third kappa shape index (κ3) is 5.73. The first-order valence-electron chi connectivity index (χ1n) is 10.0. The van der Waals surface area contributed by atoms with Crippen LogP contribution in [0.5, 0.6) is 11.5 Å². The van der Waals surface area contributed by atoms with Crippen LogP contribution in [0.2, 0.25) is 0 Å². The Morgan fingerprint density at radius 2 is 1.57 bits per heavy atom. The number of carbonyl (C=O) groups is 1. The summed E-state index contributed by atoms with van der Waals surface area (Å²) in [4.78, 5) is 17.2. The molecule has 1 saturated heterocycles. The number of nitrogens with zero attached hydrogens (tertiary/aromatic N) is 2. The van der Waals surface area contributed by atoms with Crippen LogP contribution in [0.4, 0.5) is 0 Å². The molecule has 5 heteroatoms. The number of rotatable bonds is 7. The minimum absolute atomic E-state index is 0.204. The zero-order valence-electron chi connectivity index (χ0n) is 16.9. The van der Waals surface area contributed by atoms with Crippen molar-refractivity contribution in [1.29, 1.82) is 0 Å². The fraction of sp³-hybridized carbons (Fsp3) is 0.435. The van der Waals surface area contributed by atoms with Gasteiger partial charge < -0.3 is 14.4 Å². The van der Waals surface area contributed by atoms with E-state index in [1.54, 1.807) is 7.11 Å². The second-order valence-corrected chi connectivity index (χ2v) is 7.11. The minimum atomic E-state index is 0.204. The number of benzene rings is 2. The molecular weight excluding hydrogens is 352 g/mol. The Morgan fingerprint density at radius 1 is 0.893 bits per heavy atom. The summed E-state index contributed by atoms with van der Waals surface area (Å²) in [5.41, 5.74) is 2.31. The third-order valence-electron chi connectivity index (χ3n) is 5.10. The first kappa shape index (κ1) is 20.2. The van der Waals surface area contributed by atoms with Crippen LogP contribution < -0.4 is 9.47 Å². The van der Waals surface area contributed by atoms with E-state index >= 15 is 0 Å². The molecule has 2 aromatic rings. The number of hydrogen-bond acceptors (Lipinski definition) is 4. The van der Waals surface area contributed by atoms with Gasteiger partial charge in [0.2, 0.25) is 5.91 Å². The fourth-order valence-corrected chi connectivity index (χ4v) is 3.52. The topological polar surface area (TPSA) is 42.0 Å². The van der Waals surface area contributed by atoms with Gasteiger partial charge in [0.25, 0.3) is 0 Å². The fourth-order valence-electron chi connectivity index (χ4n) is 3.52. The Labute approximate surface area is 167 Å². The molecule has 0 aliphatic carbocycles. The molecule has 1 fully saturated rings. The van der Waals surface area contributed by atoms with E-state index in [1.807, 2.05) is 48.2 Å². The molecule has 1 aliphatic rings. The molecule has 0 N–H and O–H groups in total. The maximum Gasteiger partial charge on any atom is 0.227 e. The second-order valence-electron chi connectivity index (χ2n) is 7.11. The first-order chi connectivity index (χ1) is 13.7. The van der Waals surface area contributed by atoms with E-state index in [1.165, 1.54) is 5.56 Å². The van der Waals surface area contributed by atoms with Gasteiger partial charge in [0.1, 0.15) is 11.5 Å². The van der Waals surface area contributed by atoms with Crippen LogP contribution in [0.3, 0.4) is 0 Å².